The van der Waals surface area contributed by atoms with Gasteiger partial charge in [0.25, 0.3) is 0 Å². The topological polar surface area (TPSA) is 116 Å². The SMILES string of the molecule is COC(=O)Cc1ccc2c(c1)NC(=O)CC/C=C/C[C@H](N1CC[C@H](c3cccc(Cl)c3F)NC1=O)c1ncc-2[nH]1. The van der Waals surface area contributed by atoms with Crippen LogP contribution in [0.1, 0.15) is 54.7 Å². The molecule has 0 radical (unpaired) electrons. The molecule has 2 aromatic carbocycles. The van der Waals surface area contributed by atoms with Gasteiger partial charge in [-0.25, -0.2) is 14.2 Å². The summed E-state index contributed by atoms with van der Waals surface area (Å²) < 4.78 is 19.4. The van der Waals surface area contributed by atoms with Crippen LogP contribution in [0.2, 0.25) is 5.02 Å². The minimum Gasteiger partial charge on any atom is -0.469 e. The fourth-order valence-corrected chi connectivity index (χ4v) is 5.25. The van der Waals surface area contributed by atoms with Crippen molar-refractivity contribution in [3.8, 4) is 11.3 Å². The zero-order valence-electron chi connectivity index (χ0n) is 21.9. The van der Waals surface area contributed by atoms with Crippen LogP contribution >= 0.6 is 11.6 Å². The van der Waals surface area contributed by atoms with E-state index < -0.39 is 17.9 Å². The number of hydrogen-bond acceptors (Lipinski definition) is 5. The number of anilines is 1. The monoisotopic (exact) mass is 565 g/mol. The molecule has 3 amide bonds. The smallest absolute Gasteiger partial charge is 0.318 e. The van der Waals surface area contributed by atoms with E-state index in [0.29, 0.717) is 59.7 Å². The number of amides is 3. The Morgan fingerprint density at radius 3 is 2.88 bits per heavy atom. The van der Waals surface area contributed by atoms with E-state index in [-0.39, 0.29) is 35.8 Å². The predicted molar refractivity (Wildman–Crippen MR) is 148 cm³/mol. The average molecular weight is 566 g/mol. The van der Waals surface area contributed by atoms with E-state index in [0.717, 1.165) is 0 Å². The lowest BCUT2D eigenvalue weighted by Gasteiger charge is -2.37. The number of methoxy groups -OCH3 is 1. The van der Waals surface area contributed by atoms with Crippen LogP contribution in [0.4, 0.5) is 14.9 Å². The zero-order valence-corrected chi connectivity index (χ0v) is 22.6. The van der Waals surface area contributed by atoms with Crippen LogP contribution in [0.25, 0.3) is 11.3 Å². The van der Waals surface area contributed by atoms with Crippen LogP contribution in [-0.2, 0) is 20.7 Å². The largest absolute Gasteiger partial charge is 0.469 e. The Hall–Kier alpha value is -4.18. The summed E-state index contributed by atoms with van der Waals surface area (Å²) in [5.74, 6) is -0.489. The number of benzene rings is 2. The van der Waals surface area contributed by atoms with Crippen LogP contribution in [0.5, 0.6) is 0 Å². The lowest BCUT2D eigenvalue weighted by molar-refractivity contribution is -0.139. The van der Waals surface area contributed by atoms with Crippen LogP contribution in [0.15, 0.2) is 54.7 Å². The number of imidazole rings is 1. The van der Waals surface area contributed by atoms with Gasteiger partial charge in [-0.05, 0) is 37.0 Å². The van der Waals surface area contributed by atoms with Crippen LogP contribution < -0.4 is 10.6 Å². The molecule has 2 aliphatic rings. The number of aromatic amines is 1. The number of halogens is 2. The van der Waals surface area contributed by atoms with E-state index >= 15 is 0 Å². The second-order valence-electron chi connectivity index (χ2n) is 9.75. The summed E-state index contributed by atoms with van der Waals surface area (Å²) in [7, 11) is 1.33. The number of carbonyl (C=O) groups is 3. The third-order valence-corrected chi connectivity index (χ3v) is 7.44. The first-order valence-electron chi connectivity index (χ1n) is 13.0. The van der Waals surface area contributed by atoms with E-state index in [1.165, 1.54) is 13.2 Å². The molecule has 0 unspecified atom stereocenters. The Balaban J connectivity index is 1.44. The normalized spacial score (nSPS) is 20.2. The Labute approximate surface area is 235 Å². The fraction of sp³-hybridized carbons (Fsp3) is 0.310. The molecule has 3 N–H and O–H groups in total. The molecule has 11 heteroatoms. The fourth-order valence-electron chi connectivity index (χ4n) is 5.07. The Morgan fingerprint density at radius 1 is 1.23 bits per heavy atom. The molecule has 40 heavy (non-hydrogen) atoms. The maximum atomic E-state index is 14.6. The van der Waals surface area contributed by atoms with Gasteiger partial charge in [-0.2, -0.15) is 0 Å². The molecule has 1 saturated heterocycles. The summed E-state index contributed by atoms with van der Waals surface area (Å²) in [6.07, 6.45) is 7.33. The number of ether oxygens (including phenoxy) is 1. The van der Waals surface area contributed by atoms with E-state index in [9.17, 15) is 18.8 Å². The summed E-state index contributed by atoms with van der Waals surface area (Å²) in [6.45, 7) is 0.379. The lowest BCUT2D eigenvalue weighted by atomic mass is 10.00. The van der Waals surface area contributed by atoms with Crippen LogP contribution in [0, 0.1) is 5.82 Å². The Morgan fingerprint density at radius 2 is 2.08 bits per heavy atom. The highest BCUT2D eigenvalue weighted by Crippen LogP contribution is 2.34. The zero-order chi connectivity index (χ0) is 28.2. The van der Waals surface area contributed by atoms with Crippen molar-refractivity contribution in [1.29, 1.82) is 0 Å². The number of allylic oxidation sites excluding steroid dienone is 1. The first kappa shape index (κ1) is 27.4. The van der Waals surface area contributed by atoms with Crippen molar-refractivity contribution in [2.24, 2.45) is 0 Å². The van der Waals surface area contributed by atoms with Crippen molar-refractivity contribution in [3.05, 3.63) is 82.5 Å². The molecule has 0 aliphatic carbocycles. The van der Waals surface area contributed by atoms with Crippen LogP contribution in [0.3, 0.4) is 0 Å². The van der Waals surface area contributed by atoms with Gasteiger partial charge >= 0.3 is 12.0 Å². The molecule has 0 spiro atoms. The molecule has 2 bridgehead atoms. The summed E-state index contributed by atoms with van der Waals surface area (Å²) in [5, 5.41) is 5.89. The van der Waals surface area contributed by atoms with Crippen molar-refractivity contribution >= 4 is 35.2 Å². The number of urea groups is 1. The van der Waals surface area contributed by atoms with E-state index in [4.69, 9.17) is 16.3 Å². The summed E-state index contributed by atoms with van der Waals surface area (Å²) in [5.41, 5.74) is 2.95. The number of rotatable bonds is 4. The molecule has 2 atom stereocenters. The van der Waals surface area contributed by atoms with Gasteiger partial charge in [-0.3, -0.25) is 9.59 Å². The number of aromatic nitrogens is 2. The van der Waals surface area contributed by atoms with Crippen molar-refractivity contribution in [2.75, 3.05) is 19.0 Å². The first-order valence-corrected chi connectivity index (χ1v) is 13.4. The van der Waals surface area contributed by atoms with E-state index in [2.05, 4.69) is 20.6 Å². The van der Waals surface area contributed by atoms with Gasteiger partial charge in [0.05, 0.1) is 48.2 Å². The third-order valence-electron chi connectivity index (χ3n) is 7.15. The number of nitrogens with zero attached hydrogens (tertiary/aromatic N) is 2. The number of nitrogens with one attached hydrogen (secondary N) is 3. The van der Waals surface area contributed by atoms with Crippen molar-refractivity contribution in [2.45, 2.75) is 44.2 Å². The minimum absolute atomic E-state index is 0.0170. The third kappa shape index (κ3) is 5.86. The summed E-state index contributed by atoms with van der Waals surface area (Å²) in [6, 6.07) is 8.90. The number of carbonyl (C=O) groups excluding carboxylic acids is 3. The van der Waals surface area contributed by atoms with Gasteiger partial charge in [0.1, 0.15) is 11.6 Å². The minimum atomic E-state index is -0.528. The van der Waals surface area contributed by atoms with Crippen LogP contribution in [-0.4, -0.2) is 46.4 Å². The molecular formula is C29H29ClFN5O4. The Kier molecular flexibility index (Phi) is 8.16. The highest BCUT2D eigenvalue weighted by Gasteiger charge is 2.34. The molecule has 208 valence electrons. The van der Waals surface area contributed by atoms with E-state index in [1.54, 1.807) is 35.4 Å². The standard InChI is InChI=1S/C29H29ClFN5O4/c1-40-26(38)15-17-10-11-18-22(14-17)33-25(37)9-4-2-3-8-24(28-32-16-23(18)34-28)36-13-12-21(35-29(36)39)19-6-5-7-20(30)27(19)31/h2-3,5-7,10-11,14,16,21,24H,4,8-9,12-13,15H2,1H3,(H,32,34)(H,33,37)(H,35,39)/b3-2+/t21-,24+/m1/s1. The quantitative estimate of drug-likeness (QED) is 0.287. The molecule has 0 saturated carbocycles. The number of esters is 1. The molecule has 1 fully saturated rings. The molecule has 5 rings (SSSR count). The average Bonchev–Trinajstić information content (AvgIpc) is 3.42. The molecule has 2 aliphatic heterocycles. The maximum Gasteiger partial charge on any atom is 0.318 e. The summed E-state index contributed by atoms with van der Waals surface area (Å²) in [4.78, 5) is 47.4. The second-order valence-corrected chi connectivity index (χ2v) is 10.2. The first-order chi connectivity index (χ1) is 19.3. The number of fused-ring (bicyclic) bond motifs is 4. The summed E-state index contributed by atoms with van der Waals surface area (Å²) >= 11 is 5.96. The van der Waals surface area contributed by atoms with Gasteiger partial charge in [-0.1, -0.05) is 48.0 Å². The Bertz CT molecular complexity index is 1470. The van der Waals surface area contributed by atoms with Crippen molar-refractivity contribution in [3.63, 3.8) is 0 Å². The van der Waals surface area contributed by atoms with Gasteiger partial charge in [0.2, 0.25) is 5.91 Å². The molecule has 3 aromatic rings. The highest BCUT2D eigenvalue weighted by atomic mass is 35.5. The molecule has 9 nitrogen and oxygen atoms in total. The highest BCUT2D eigenvalue weighted by molar-refractivity contribution is 6.30. The maximum absolute atomic E-state index is 14.6. The van der Waals surface area contributed by atoms with Crippen molar-refractivity contribution in [1.82, 2.24) is 20.2 Å². The molecular weight excluding hydrogens is 537 g/mol. The van der Waals surface area contributed by atoms with Gasteiger partial charge in [0.15, 0.2) is 0 Å². The van der Waals surface area contributed by atoms with Gasteiger partial charge in [-0.15, -0.1) is 0 Å². The van der Waals surface area contributed by atoms with E-state index in [1.807, 2.05) is 18.2 Å². The molecule has 1 aromatic heterocycles. The van der Waals surface area contributed by atoms with Crippen molar-refractivity contribution < 1.29 is 23.5 Å². The number of hydrogen-bond donors (Lipinski definition) is 3. The molecule has 3 heterocycles. The lowest BCUT2D eigenvalue weighted by Crippen LogP contribution is -2.49. The number of H-pyrrole nitrogens is 1. The second kappa shape index (κ2) is 11.9. The van der Waals surface area contributed by atoms with Gasteiger partial charge < -0.3 is 25.3 Å². The van der Waals surface area contributed by atoms with Gasteiger partial charge in [0, 0.05) is 24.1 Å². The predicted octanol–water partition coefficient (Wildman–Crippen LogP) is 5.46.